The fourth-order valence-corrected chi connectivity index (χ4v) is 3.70. The van der Waals surface area contributed by atoms with Crippen LogP contribution in [0.5, 0.6) is 0 Å². The predicted octanol–water partition coefficient (Wildman–Crippen LogP) is 5.66. The average Bonchev–Trinajstić information content (AvgIpc) is 2.96. The van der Waals surface area contributed by atoms with Crippen LogP contribution < -0.4 is 10.2 Å². The van der Waals surface area contributed by atoms with Crippen LogP contribution in [0.3, 0.4) is 0 Å². The maximum absolute atomic E-state index is 13.5. The van der Waals surface area contributed by atoms with Gasteiger partial charge in [0.15, 0.2) is 0 Å². The molecule has 30 heavy (non-hydrogen) atoms. The highest BCUT2D eigenvalue weighted by Crippen LogP contribution is 2.35. The number of carbonyl (C=O) groups is 2. The molecule has 2 amide bonds. The summed E-state index contributed by atoms with van der Waals surface area (Å²) in [5, 5.41) is 3.74. The molecule has 1 aliphatic rings. The van der Waals surface area contributed by atoms with Gasteiger partial charge in [0, 0.05) is 10.7 Å². The Balaban J connectivity index is 1.87. The first-order valence-electron chi connectivity index (χ1n) is 9.65. The van der Waals surface area contributed by atoms with Crippen LogP contribution in [0.2, 0.25) is 5.02 Å². The first-order chi connectivity index (χ1) is 14.4. The van der Waals surface area contributed by atoms with E-state index in [1.165, 1.54) is 4.90 Å². The minimum absolute atomic E-state index is 0.248. The van der Waals surface area contributed by atoms with Gasteiger partial charge in [-0.15, -0.1) is 0 Å². The SMILES string of the molecule is Cc1ccc(C2=C(Nc3cc(Cl)ccc3C)C(=O)N(c3ccccc3C)C2=O)cc1. The molecule has 4 rings (SSSR count). The van der Waals surface area contributed by atoms with Crippen LogP contribution in [0.4, 0.5) is 11.4 Å². The van der Waals surface area contributed by atoms with Gasteiger partial charge in [0.1, 0.15) is 5.70 Å². The Bertz CT molecular complexity index is 1200. The van der Waals surface area contributed by atoms with Crippen molar-refractivity contribution in [1.29, 1.82) is 0 Å². The standard InChI is InChI=1S/C25H21ClN2O2/c1-15-8-11-18(12-9-15)22-23(27-20-14-19(26)13-10-16(20)2)25(30)28(24(22)29)21-7-5-4-6-17(21)3/h4-14,27H,1-3H3. The van der Waals surface area contributed by atoms with Crippen molar-refractivity contribution in [3.8, 4) is 0 Å². The molecule has 1 heterocycles. The second-order valence-corrected chi connectivity index (χ2v) is 7.87. The summed E-state index contributed by atoms with van der Waals surface area (Å²) in [6, 6.07) is 20.4. The van der Waals surface area contributed by atoms with Gasteiger partial charge in [-0.2, -0.15) is 0 Å². The first kappa shape index (κ1) is 19.9. The van der Waals surface area contributed by atoms with E-state index in [0.717, 1.165) is 16.7 Å². The highest BCUT2D eigenvalue weighted by molar-refractivity contribution is 6.46. The molecule has 0 unspecified atom stereocenters. The number of hydrogen-bond donors (Lipinski definition) is 1. The first-order valence-corrected chi connectivity index (χ1v) is 10.0. The van der Waals surface area contributed by atoms with Crippen molar-refractivity contribution in [1.82, 2.24) is 0 Å². The molecule has 0 aromatic heterocycles. The van der Waals surface area contributed by atoms with Crippen molar-refractivity contribution in [2.24, 2.45) is 0 Å². The molecule has 5 heteroatoms. The summed E-state index contributed by atoms with van der Waals surface area (Å²) in [5.41, 5.74) is 5.41. The minimum Gasteiger partial charge on any atom is -0.350 e. The van der Waals surface area contributed by atoms with Crippen molar-refractivity contribution in [3.63, 3.8) is 0 Å². The van der Waals surface area contributed by atoms with E-state index < -0.39 is 0 Å². The third-order valence-corrected chi connectivity index (χ3v) is 5.47. The minimum atomic E-state index is -0.385. The molecule has 0 saturated heterocycles. The number of rotatable bonds is 4. The van der Waals surface area contributed by atoms with Gasteiger partial charge in [-0.25, -0.2) is 4.90 Å². The van der Waals surface area contributed by atoms with E-state index in [9.17, 15) is 9.59 Å². The molecule has 0 spiro atoms. The maximum Gasteiger partial charge on any atom is 0.282 e. The Labute approximate surface area is 180 Å². The second kappa shape index (κ2) is 7.81. The predicted molar refractivity (Wildman–Crippen MR) is 122 cm³/mol. The molecule has 4 nitrogen and oxygen atoms in total. The number of imide groups is 1. The zero-order valence-corrected chi connectivity index (χ0v) is 17.7. The fraction of sp³-hybridized carbons (Fsp3) is 0.120. The molecule has 3 aromatic rings. The van der Waals surface area contributed by atoms with Crippen LogP contribution in [0.25, 0.3) is 5.57 Å². The van der Waals surface area contributed by atoms with Gasteiger partial charge in [0.25, 0.3) is 11.8 Å². The van der Waals surface area contributed by atoms with E-state index in [2.05, 4.69) is 5.32 Å². The summed E-state index contributed by atoms with van der Waals surface area (Å²) in [6.45, 7) is 5.78. The Morgan fingerprint density at radius 3 is 2.20 bits per heavy atom. The Morgan fingerprint density at radius 2 is 1.50 bits per heavy atom. The van der Waals surface area contributed by atoms with Crippen LogP contribution in [-0.2, 0) is 9.59 Å². The summed E-state index contributed by atoms with van der Waals surface area (Å²) in [5.74, 6) is -0.732. The molecular weight excluding hydrogens is 396 g/mol. The lowest BCUT2D eigenvalue weighted by Crippen LogP contribution is -2.33. The van der Waals surface area contributed by atoms with E-state index in [4.69, 9.17) is 11.6 Å². The number of amides is 2. The molecule has 0 radical (unpaired) electrons. The number of benzene rings is 3. The highest BCUT2D eigenvalue weighted by Gasteiger charge is 2.40. The van der Waals surface area contributed by atoms with Gasteiger partial charge in [-0.3, -0.25) is 9.59 Å². The van der Waals surface area contributed by atoms with Crippen molar-refractivity contribution in [2.75, 3.05) is 10.2 Å². The zero-order valence-electron chi connectivity index (χ0n) is 17.0. The smallest absolute Gasteiger partial charge is 0.282 e. The van der Waals surface area contributed by atoms with E-state index in [1.54, 1.807) is 18.2 Å². The van der Waals surface area contributed by atoms with E-state index >= 15 is 0 Å². The lowest BCUT2D eigenvalue weighted by molar-refractivity contribution is -0.120. The second-order valence-electron chi connectivity index (χ2n) is 7.43. The Morgan fingerprint density at radius 1 is 0.800 bits per heavy atom. The summed E-state index contributed by atoms with van der Waals surface area (Å²) >= 11 is 6.17. The number of nitrogens with one attached hydrogen (secondary N) is 1. The molecular formula is C25H21ClN2O2. The Hall–Kier alpha value is -3.37. The summed E-state index contributed by atoms with van der Waals surface area (Å²) in [7, 11) is 0. The largest absolute Gasteiger partial charge is 0.350 e. The molecule has 1 aliphatic heterocycles. The van der Waals surface area contributed by atoms with Crippen molar-refractivity contribution in [2.45, 2.75) is 20.8 Å². The van der Waals surface area contributed by atoms with E-state index in [0.29, 0.717) is 27.5 Å². The monoisotopic (exact) mass is 416 g/mol. The number of para-hydroxylation sites is 1. The van der Waals surface area contributed by atoms with Gasteiger partial charge < -0.3 is 5.32 Å². The molecule has 3 aromatic carbocycles. The van der Waals surface area contributed by atoms with E-state index in [-0.39, 0.29) is 17.5 Å². The quantitative estimate of drug-likeness (QED) is 0.558. The summed E-state index contributed by atoms with van der Waals surface area (Å²) in [6.07, 6.45) is 0. The van der Waals surface area contributed by atoms with Crippen molar-refractivity contribution >= 4 is 40.4 Å². The van der Waals surface area contributed by atoms with Gasteiger partial charge in [-0.05, 0) is 55.7 Å². The number of nitrogens with zero attached hydrogens (tertiary/aromatic N) is 1. The van der Waals surface area contributed by atoms with Crippen LogP contribution in [0.1, 0.15) is 22.3 Å². The van der Waals surface area contributed by atoms with Crippen molar-refractivity contribution in [3.05, 3.63) is 99.7 Å². The molecule has 1 N–H and O–H groups in total. The number of anilines is 2. The van der Waals surface area contributed by atoms with Crippen LogP contribution in [-0.4, -0.2) is 11.8 Å². The molecule has 150 valence electrons. The number of halogens is 1. The maximum atomic E-state index is 13.5. The lowest BCUT2D eigenvalue weighted by atomic mass is 10.0. The average molecular weight is 417 g/mol. The van der Waals surface area contributed by atoms with Crippen molar-refractivity contribution < 1.29 is 9.59 Å². The van der Waals surface area contributed by atoms with Gasteiger partial charge >= 0.3 is 0 Å². The van der Waals surface area contributed by atoms with Gasteiger partial charge in [0.2, 0.25) is 0 Å². The third kappa shape index (κ3) is 3.51. The molecule has 0 aliphatic carbocycles. The molecule has 0 atom stereocenters. The van der Waals surface area contributed by atoms with Crippen LogP contribution >= 0.6 is 11.6 Å². The molecule has 0 bridgehead atoms. The van der Waals surface area contributed by atoms with Gasteiger partial charge in [-0.1, -0.05) is 65.7 Å². The zero-order chi connectivity index (χ0) is 21.4. The normalized spacial score (nSPS) is 13.9. The highest BCUT2D eigenvalue weighted by atomic mass is 35.5. The van der Waals surface area contributed by atoms with Gasteiger partial charge in [0.05, 0.1) is 11.3 Å². The Kier molecular flexibility index (Phi) is 5.18. The summed E-state index contributed by atoms with van der Waals surface area (Å²) in [4.78, 5) is 28.2. The topological polar surface area (TPSA) is 49.4 Å². The molecule has 0 saturated carbocycles. The number of hydrogen-bond acceptors (Lipinski definition) is 3. The summed E-state index contributed by atoms with van der Waals surface area (Å²) < 4.78 is 0. The molecule has 0 fully saturated rings. The van der Waals surface area contributed by atoms with Crippen LogP contribution in [0, 0.1) is 20.8 Å². The number of carbonyl (C=O) groups excluding carboxylic acids is 2. The lowest BCUT2D eigenvalue weighted by Gasteiger charge is -2.18. The van der Waals surface area contributed by atoms with E-state index in [1.807, 2.05) is 69.3 Å². The van der Waals surface area contributed by atoms with Crippen LogP contribution in [0.15, 0.2) is 72.4 Å². The fourth-order valence-electron chi connectivity index (χ4n) is 3.53. The number of aryl methyl sites for hydroxylation is 3. The third-order valence-electron chi connectivity index (χ3n) is 5.24.